The number of benzene rings is 1. The SMILES string of the molecule is CCOC(=O)C1CCC(NCc2ccc(F)cc2Br)CC1. The lowest BCUT2D eigenvalue weighted by atomic mass is 9.86. The van der Waals surface area contributed by atoms with E-state index in [4.69, 9.17) is 4.74 Å². The van der Waals surface area contributed by atoms with E-state index in [2.05, 4.69) is 21.2 Å². The van der Waals surface area contributed by atoms with Crippen molar-refractivity contribution in [3.8, 4) is 0 Å². The first-order valence-corrected chi connectivity index (χ1v) is 8.23. The Labute approximate surface area is 133 Å². The number of nitrogens with one attached hydrogen (secondary N) is 1. The van der Waals surface area contributed by atoms with E-state index < -0.39 is 0 Å². The molecule has 0 amide bonds. The van der Waals surface area contributed by atoms with E-state index in [1.54, 1.807) is 6.07 Å². The molecular formula is C16H21BrFNO2. The van der Waals surface area contributed by atoms with Crippen LogP contribution in [0.15, 0.2) is 22.7 Å². The van der Waals surface area contributed by atoms with Gasteiger partial charge in [-0.25, -0.2) is 4.39 Å². The molecule has 1 N–H and O–H groups in total. The summed E-state index contributed by atoms with van der Waals surface area (Å²) in [6.45, 7) is 3.00. The van der Waals surface area contributed by atoms with E-state index in [1.807, 2.05) is 6.92 Å². The summed E-state index contributed by atoms with van der Waals surface area (Å²) in [6.07, 6.45) is 3.70. The maximum absolute atomic E-state index is 13.0. The second-order valence-corrected chi connectivity index (χ2v) is 6.27. The van der Waals surface area contributed by atoms with Crippen molar-refractivity contribution in [2.75, 3.05) is 6.61 Å². The molecule has 1 aliphatic rings. The third-order valence-corrected chi connectivity index (χ3v) is 4.68. The number of hydrogen-bond acceptors (Lipinski definition) is 3. The normalized spacial score (nSPS) is 22.0. The minimum absolute atomic E-state index is 0.0561. The summed E-state index contributed by atoms with van der Waals surface area (Å²) in [6, 6.07) is 5.15. The van der Waals surface area contributed by atoms with Crippen molar-refractivity contribution >= 4 is 21.9 Å². The minimum atomic E-state index is -0.236. The lowest BCUT2D eigenvalue weighted by Crippen LogP contribution is -2.35. The monoisotopic (exact) mass is 357 g/mol. The van der Waals surface area contributed by atoms with E-state index in [-0.39, 0.29) is 17.7 Å². The highest BCUT2D eigenvalue weighted by atomic mass is 79.9. The fraction of sp³-hybridized carbons (Fsp3) is 0.562. The molecule has 1 saturated carbocycles. The summed E-state index contributed by atoms with van der Waals surface area (Å²) in [4.78, 5) is 11.7. The first kappa shape index (κ1) is 16.4. The van der Waals surface area contributed by atoms with Gasteiger partial charge in [0.15, 0.2) is 0 Å². The second kappa shape index (κ2) is 7.90. The third kappa shape index (κ3) is 4.78. The van der Waals surface area contributed by atoms with Crippen LogP contribution >= 0.6 is 15.9 Å². The van der Waals surface area contributed by atoms with Gasteiger partial charge in [-0.05, 0) is 50.3 Å². The molecule has 5 heteroatoms. The maximum Gasteiger partial charge on any atom is 0.308 e. The highest BCUT2D eigenvalue weighted by Crippen LogP contribution is 2.26. The zero-order chi connectivity index (χ0) is 15.2. The van der Waals surface area contributed by atoms with Crippen LogP contribution in [-0.4, -0.2) is 18.6 Å². The van der Waals surface area contributed by atoms with Crippen molar-refractivity contribution in [3.63, 3.8) is 0 Å². The van der Waals surface area contributed by atoms with Gasteiger partial charge in [0.05, 0.1) is 12.5 Å². The summed E-state index contributed by atoms with van der Waals surface area (Å²) < 4.78 is 18.9. The van der Waals surface area contributed by atoms with Crippen molar-refractivity contribution < 1.29 is 13.9 Å². The molecule has 1 fully saturated rings. The zero-order valence-electron chi connectivity index (χ0n) is 12.2. The molecule has 0 aromatic heterocycles. The Bertz CT molecular complexity index is 487. The van der Waals surface area contributed by atoms with Gasteiger partial charge in [0.1, 0.15) is 5.82 Å². The van der Waals surface area contributed by atoms with Crippen molar-refractivity contribution in [2.24, 2.45) is 5.92 Å². The number of carbonyl (C=O) groups excluding carboxylic acids is 1. The molecule has 0 heterocycles. The van der Waals surface area contributed by atoms with Gasteiger partial charge in [-0.1, -0.05) is 22.0 Å². The van der Waals surface area contributed by atoms with Crippen LogP contribution in [0.25, 0.3) is 0 Å². The molecule has 0 bridgehead atoms. The molecule has 2 rings (SSSR count). The van der Waals surface area contributed by atoms with Gasteiger partial charge in [0, 0.05) is 17.1 Å². The molecule has 1 aliphatic carbocycles. The Kier molecular flexibility index (Phi) is 6.18. The zero-order valence-corrected chi connectivity index (χ0v) is 13.8. The number of hydrogen-bond donors (Lipinski definition) is 1. The number of ether oxygens (including phenoxy) is 1. The number of carbonyl (C=O) groups is 1. The Hall–Kier alpha value is -0.940. The topological polar surface area (TPSA) is 38.3 Å². The van der Waals surface area contributed by atoms with Crippen molar-refractivity contribution in [1.29, 1.82) is 0 Å². The second-order valence-electron chi connectivity index (χ2n) is 5.42. The molecule has 3 nitrogen and oxygen atoms in total. The summed E-state index contributed by atoms with van der Waals surface area (Å²) in [5, 5.41) is 3.49. The molecule has 21 heavy (non-hydrogen) atoms. The van der Waals surface area contributed by atoms with Gasteiger partial charge in [-0.2, -0.15) is 0 Å². The van der Waals surface area contributed by atoms with Crippen molar-refractivity contribution in [3.05, 3.63) is 34.1 Å². The lowest BCUT2D eigenvalue weighted by molar-refractivity contribution is -0.149. The molecule has 0 radical (unpaired) electrons. The van der Waals surface area contributed by atoms with E-state index in [0.29, 0.717) is 19.2 Å². The van der Waals surface area contributed by atoms with Gasteiger partial charge in [0.25, 0.3) is 0 Å². The first-order chi connectivity index (χ1) is 10.1. The molecule has 1 aromatic carbocycles. The minimum Gasteiger partial charge on any atom is -0.466 e. The number of rotatable bonds is 5. The average Bonchev–Trinajstić information content (AvgIpc) is 2.47. The number of esters is 1. The van der Waals surface area contributed by atoms with Gasteiger partial charge in [-0.15, -0.1) is 0 Å². The Balaban J connectivity index is 1.77. The highest BCUT2D eigenvalue weighted by Gasteiger charge is 2.26. The van der Waals surface area contributed by atoms with Gasteiger partial charge in [0.2, 0.25) is 0 Å². The molecule has 0 aliphatic heterocycles. The van der Waals surface area contributed by atoms with Crippen LogP contribution in [0.5, 0.6) is 0 Å². The van der Waals surface area contributed by atoms with Gasteiger partial charge < -0.3 is 10.1 Å². The smallest absolute Gasteiger partial charge is 0.308 e. The lowest BCUT2D eigenvalue weighted by Gasteiger charge is -2.28. The van der Waals surface area contributed by atoms with E-state index in [0.717, 1.165) is 35.7 Å². The van der Waals surface area contributed by atoms with Crippen LogP contribution in [0.3, 0.4) is 0 Å². The average molecular weight is 358 g/mol. The quantitative estimate of drug-likeness (QED) is 0.814. The van der Waals surface area contributed by atoms with E-state index >= 15 is 0 Å². The van der Waals surface area contributed by atoms with Gasteiger partial charge >= 0.3 is 5.97 Å². The Morgan fingerprint density at radius 3 is 2.71 bits per heavy atom. The predicted octanol–water partition coefficient (Wildman–Crippen LogP) is 3.80. The van der Waals surface area contributed by atoms with Crippen LogP contribution in [0.2, 0.25) is 0 Å². The Morgan fingerprint density at radius 1 is 1.38 bits per heavy atom. The van der Waals surface area contributed by atoms with Crippen molar-refractivity contribution in [2.45, 2.75) is 45.2 Å². The van der Waals surface area contributed by atoms with Crippen LogP contribution in [0.1, 0.15) is 38.2 Å². The fourth-order valence-corrected chi connectivity index (χ4v) is 3.20. The maximum atomic E-state index is 13.0. The summed E-state index contributed by atoms with van der Waals surface area (Å²) in [7, 11) is 0. The fourth-order valence-electron chi connectivity index (χ4n) is 2.71. The first-order valence-electron chi connectivity index (χ1n) is 7.44. The van der Waals surface area contributed by atoms with Gasteiger partial charge in [-0.3, -0.25) is 4.79 Å². The molecule has 1 aromatic rings. The number of halogens is 2. The van der Waals surface area contributed by atoms with Crippen LogP contribution < -0.4 is 5.32 Å². The summed E-state index contributed by atoms with van der Waals surface area (Å²) >= 11 is 3.38. The predicted molar refractivity (Wildman–Crippen MR) is 83.3 cm³/mol. The summed E-state index contributed by atoms with van der Waals surface area (Å²) in [5.74, 6) is -0.238. The molecule has 0 atom stereocenters. The highest BCUT2D eigenvalue weighted by molar-refractivity contribution is 9.10. The van der Waals surface area contributed by atoms with E-state index in [9.17, 15) is 9.18 Å². The van der Waals surface area contributed by atoms with E-state index in [1.165, 1.54) is 12.1 Å². The van der Waals surface area contributed by atoms with Crippen LogP contribution in [0.4, 0.5) is 4.39 Å². The summed E-state index contributed by atoms with van der Waals surface area (Å²) in [5.41, 5.74) is 1.05. The standard InChI is InChI=1S/C16H21BrFNO2/c1-2-21-16(20)11-4-7-14(8-5-11)19-10-12-3-6-13(18)9-15(12)17/h3,6,9,11,14,19H,2,4-5,7-8,10H2,1H3. The molecule has 0 unspecified atom stereocenters. The Morgan fingerprint density at radius 2 is 2.10 bits per heavy atom. The molecule has 0 saturated heterocycles. The molecule has 0 spiro atoms. The largest absolute Gasteiger partial charge is 0.466 e. The molecular weight excluding hydrogens is 337 g/mol. The third-order valence-electron chi connectivity index (χ3n) is 3.94. The molecule has 116 valence electrons. The van der Waals surface area contributed by atoms with Crippen LogP contribution in [-0.2, 0) is 16.1 Å². The van der Waals surface area contributed by atoms with Crippen LogP contribution in [0, 0.1) is 11.7 Å². The van der Waals surface area contributed by atoms with Crippen molar-refractivity contribution in [1.82, 2.24) is 5.32 Å².